The van der Waals surface area contributed by atoms with Crippen molar-refractivity contribution in [3.8, 4) is 5.95 Å². The number of amides is 1. The van der Waals surface area contributed by atoms with E-state index in [1.807, 2.05) is 14.0 Å². The number of carbonyl (C=O) groups excluding carboxylic acids is 1. The number of aromatic nitrogens is 1. The smallest absolute Gasteiger partial charge is 0.311 e. The molecule has 6 nitrogen and oxygen atoms in total. The minimum absolute atomic E-state index is 0.230. The molecule has 1 aromatic rings. The van der Waals surface area contributed by atoms with Gasteiger partial charge in [0.1, 0.15) is 0 Å². The molecule has 1 amide bonds. The Morgan fingerprint density at radius 1 is 1.71 bits per heavy atom. The van der Waals surface area contributed by atoms with Gasteiger partial charge in [0.15, 0.2) is 5.69 Å². The zero-order chi connectivity index (χ0) is 12.8. The third kappa shape index (κ3) is 3.74. The van der Waals surface area contributed by atoms with E-state index in [1.54, 1.807) is 0 Å². The number of hydrogen-bond acceptors (Lipinski definition) is 5. The average molecular weight is 241 g/mol. The van der Waals surface area contributed by atoms with Crippen molar-refractivity contribution in [3.63, 3.8) is 0 Å². The van der Waals surface area contributed by atoms with Crippen molar-refractivity contribution in [1.82, 2.24) is 15.4 Å². The van der Waals surface area contributed by atoms with Gasteiger partial charge in [0.2, 0.25) is 0 Å². The third-order valence-electron chi connectivity index (χ3n) is 2.73. The molecule has 0 aliphatic carbocycles. The third-order valence-corrected chi connectivity index (χ3v) is 2.73. The van der Waals surface area contributed by atoms with Crippen LogP contribution in [0.1, 0.15) is 24.3 Å². The van der Waals surface area contributed by atoms with Crippen LogP contribution in [-0.4, -0.2) is 49.3 Å². The summed E-state index contributed by atoms with van der Waals surface area (Å²) >= 11 is 0. The molecule has 1 rings (SSSR count). The highest BCUT2D eigenvalue weighted by Crippen LogP contribution is 2.10. The Kier molecular flexibility index (Phi) is 4.96. The lowest BCUT2D eigenvalue weighted by Gasteiger charge is -2.22. The number of hydrogen-bond donors (Lipinski definition) is 1. The van der Waals surface area contributed by atoms with E-state index in [-0.39, 0.29) is 23.6 Å². The van der Waals surface area contributed by atoms with Crippen LogP contribution >= 0.6 is 0 Å². The van der Waals surface area contributed by atoms with Gasteiger partial charge in [-0.3, -0.25) is 4.79 Å². The Morgan fingerprint density at radius 3 is 2.94 bits per heavy atom. The second kappa shape index (κ2) is 6.24. The molecule has 0 fully saturated rings. The van der Waals surface area contributed by atoms with E-state index < -0.39 is 0 Å². The molecular weight excluding hydrogens is 222 g/mol. The van der Waals surface area contributed by atoms with Gasteiger partial charge in [0.05, 0.1) is 13.2 Å². The molecule has 6 heteroatoms. The van der Waals surface area contributed by atoms with Gasteiger partial charge >= 0.3 is 5.95 Å². The summed E-state index contributed by atoms with van der Waals surface area (Å²) in [5.74, 6) is -0.0257. The van der Waals surface area contributed by atoms with E-state index in [2.05, 4.69) is 22.3 Å². The number of nitrogens with one attached hydrogen (secondary N) is 1. The zero-order valence-corrected chi connectivity index (χ0v) is 10.7. The number of nitrogens with zero attached hydrogens (tertiary/aromatic N) is 2. The summed E-state index contributed by atoms with van der Waals surface area (Å²) in [5, 5.41) is 6.40. The van der Waals surface area contributed by atoms with E-state index in [4.69, 9.17) is 9.26 Å². The average Bonchev–Trinajstić information content (AvgIpc) is 2.83. The van der Waals surface area contributed by atoms with E-state index in [1.165, 1.54) is 13.2 Å². The molecule has 0 saturated heterocycles. The van der Waals surface area contributed by atoms with Crippen LogP contribution in [0.5, 0.6) is 5.95 Å². The monoisotopic (exact) mass is 241 g/mol. The van der Waals surface area contributed by atoms with E-state index >= 15 is 0 Å². The van der Waals surface area contributed by atoms with Gasteiger partial charge < -0.3 is 19.5 Å². The highest BCUT2D eigenvalue weighted by atomic mass is 16.6. The van der Waals surface area contributed by atoms with Gasteiger partial charge in [-0.15, -0.1) is 0 Å². The molecule has 1 unspecified atom stereocenters. The minimum Gasteiger partial charge on any atom is -0.467 e. The fourth-order valence-electron chi connectivity index (χ4n) is 1.26. The van der Waals surface area contributed by atoms with Crippen molar-refractivity contribution in [3.05, 3.63) is 11.8 Å². The summed E-state index contributed by atoms with van der Waals surface area (Å²) in [6.45, 7) is 5.63. The first kappa shape index (κ1) is 13.5. The molecular formula is C11H19N3O3. The molecule has 1 aromatic heterocycles. The minimum atomic E-state index is -0.256. The van der Waals surface area contributed by atoms with Crippen LogP contribution in [0.15, 0.2) is 10.6 Å². The maximum Gasteiger partial charge on any atom is 0.311 e. The topological polar surface area (TPSA) is 67.6 Å². The Hall–Kier alpha value is -1.56. The summed E-state index contributed by atoms with van der Waals surface area (Å²) in [7, 11) is 3.47. The number of carbonyl (C=O) groups is 1. The van der Waals surface area contributed by atoms with Crippen molar-refractivity contribution < 1.29 is 14.1 Å². The molecule has 0 aliphatic rings. The summed E-state index contributed by atoms with van der Waals surface area (Å²) < 4.78 is 9.58. The van der Waals surface area contributed by atoms with Gasteiger partial charge in [-0.05, 0) is 20.5 Å². The first-order valence-electron chi connectivity index (χ1n) is 5.57. The fourth-order valence-corrected chi connectivity index (χ4v) is 1.26. The molecule has 0 saturated carbocycles. The fraction of sp³-hybridized carbons (Fsp3) is 0.636. The SMILES string of the molecule is CCN(C)C(C)CNC(=O)c1cc(OC)on1. The van der Waals surface area contributed by atoms with Crippen LogP contribution in [0.4, 0.5) is 0 Å². The zero-order valence-electron chi connectivity index (χ0n) is 10.7. The molecule has 0 radical (unpaired) electrons. The van der Waals surface area contributed by atoms with Crippen molar-refractivity contribution >= 4 is 5.91 Å². The summed E-state index contributed by atoms with van der Waals surface area (Å²) in [5.41, 5.74) is 0.230. The van der Waals surface area contributed by atoms with Crippen molar-refractivity contribution in [1.29, 1.82) is 0 Å². The van der Waals surface area contributed by atoms with Crippen LogP contribution in [-0.2, 0) is 0 Å². The van der Waals surface area contributed by atoms with E-state index in [0.29, 0.717) is 6.54 Å². The number of ether oxygens (including phenoxy) is 1. The normalized spacial score (nSPS) is 12.5. The Labute approximate surface area is 101 Å². The van der Waals surface area contributed by atoms with Gasteiger partial charge in [-0.2, -0.15) is 0 Å². The lowest BCUT2D eigenvalue weighted by Crippen LogP contribution is -2.40. The summed E-state index contributed by atoms with van der Waals surface area (Å²) in [4.78, 5) is 13.8. The van der Waals surface area contributed by atoms with Crippen molar-refractivity contribution in [2.24, 2.45) is 0 Å². The number of methoxy groups -OCH3 is 1. The molecule has 1 atom stereocenters. The first-order chi connectivity index (χ1) is 8.08. The number of likely N-dealkylation sites (N-methyl/N-ethyl adjacent to an activating group) is 1. The van der Waals surface area contributed by atoms with Crippen LogP contribution in [0.3, 0.4) is 0 Å². The van der Waals surface area contributed by atoms with Gasteiger partial charge in [0, 0.05) is 12.6 Å². The van der Waals surface area contributed by atoms with Crippen molar-refractivity contribution in [2.45, 2.75) is 19.9 Å². The molecule has 17 heavy (non-hydrogen) atoms. The maximum atomic E-state index is 11.7. The second-order valence-electron chi connectivity index (χ2n) is 3.87. The summed E-state index contributed by atoms with van der Waals surface area (Å²) in [6.07, 6.45) is 0. The standard InChI is InChI=1S/C11H19N3O3/c1-5-14(3)8(2)7-12-11(15)9-6-10(16-4)17-13-9/h6,8H,5,7H2,1-4H3,(H,12,15). The lowest BCUT2D eigenvalue weighted by molar-refractivity contribution is 0.0932. The first-order valence-corrected chi connectivity index (χ1v) is 5.57. The van der Waals surface area contributed by atoms with Gasteiger partial charge in [-0.1, -0.05) is 12.1 Å². The quantitative estimate of drug-likeness (QED) is 0.796. The van der Waals surface area contributed by atoms with E-state index in [0.717, 1.165) is 6.54 Å². The van der Waals surface area contributed by atoms with Gasteiger partial charge in [0.25, 0.3) is 5.91 Å². The molecule has 1 heterocycles. The lowest BCUT2D eigenvalue weighted by atomic mass is 10.3. The largest absolute Gasteiger partial charge is 0.467 e. The molecule has 0 bridgehead atoms. The highest BCUT2D eigenvalue weighted by molar-refractivity contribution is 5.92. The van der Waals surface area contributed by atoms with Gasteiger partial charge in [-0.25, -0.2) is 0 Å². The summed E-state index contributed by atoms with van der Waals surface area (Å²) in [6, 6.07) is 1.74. The molecule has 1 N–H and O–H groups in total. The van der Waals surface area contributed by atoms with Crippen molar-refractivity contribution in [2.75, 3.05) is 27.2 Å². The molecule has 0 spiro atoms. The highest BCUT2D eigenvalue weighted by Gasteiger charge is 2.14. The van der Waals surface area contributed by atoms with Crippen LogP contribution in [0, 0.1) is 0 Å². The molecule has 0 aromatic carbocycles. The van der Waals surface area contributed by atoms with E-state index in [9.17, 15) is 4.79 Å². The maximum absolute atomic E-state index is 11.7. The Balaban J connectivity index is 2.44. The molecule has 0 aliphatic heterocycles. The van der Waals surface area contributed by atoms with Crippen LogP contribution in [0.25, 0.3) is 0 Å². The number of rotatable bonds is 6. The molecule has 96 valence electrons. The van der Waals surface area contributed by atoms with Crippen LogP contribution < -0.4 is 10.1 Å². The Morgan fingerprint density at radius 2 is 2.41 bits per heavy atom. The predicted molar refractivity (Wildman–Crippen MR) is 63.2 cm³/mol. The second-order valence-corrected chi connectivity index (χ2v) is 3.87. The predicted octanol–water partition coefficient (Wildman–Crippen LogP) is 0.753. The van der Waals surface area contributed by atoms with Crippen LogP contribution in [0.2, 0.25) is 0 Å². The Bertz CT molecular complexity index is 365.